The minimum Gasteiger partial charge on any atom is -0.344 e. The van der Waals surface area contributed by atoms with Crippen LogP contribution in [0.5, 0.6) is 0 Å². The number of carbonyl (C=O) groups excluding carboxylic acids is 1. The largest absolute Gasteiger partial charge is 0.350 e. The van der Waals surface area contributed by atoms with Gasteiger partial charge in [0.2, 0.25) is 0 Å². The van der Waals surface area contributed by atoms with Crippen molar-refractivity contribution in [2.75, 3.05) is 0 Å². The summed E-state index contributed by atoms with van der Waals surface area (Å²) in [5.41, 5.74) is 3.95. The smallest absolute Gasteiger partial charge is 0.344 e. The molecule has 27 heavy (non-hydrogen) atoms. The number of fused-ring (bicyclic) bond motifs is 1. The van der Waals surface area contributed by atoms with E-state index in [1.807, 2.05) is 44.2 Å². The summed E-state index contributed by atoms with van der Waals surface area (Å²) in [4.78, 5) is 25.3. The van der Waals surface area contributed by atoms with Crippen molar-refractivity contribution in [1.82, 2.24) is 18.7 Å². The first kappa shape index (κ1) is 17.0. The van der Waals surface area contributed by atoms with Crippen LogP contribution in [0.3, 0.4) is 0 Å². The number of hydrogen-bond donors (Lipinski definition) is 0. The summed E-state index contributed by atoms with van der Waals surface area (Å²) in [5.74, 6) is -0.118. The lowest BCUT2D eigenvalue weighted by Crippen LogP contribution is -2.25. The monoisotopic (exact) mass is 360 g/mol. The third-order valence-corrected chi connectivity index (χ3v) is 4.84. The maximum atomic E-state index is 12.9. The second kappa shape index (κ2) is 6.72. The van der Waals surface area contributed by atoms with Gasteiger partial charge in [-0.25, -0.2) is 9.48 Å². The number of nitrogens with zero attached hydrogens (tertiary/aromatic N) is 4. The zero-order chi connectivity index (χ0) is 19.0. The van der Waals surface area contributed by atoms with Gasteiger partial charge in [-0.2, -0.15) is 0 Å². The number of rotatable bonds is 5. The topological polar surface area (TPSA) is 61.3 Å². The molecule has 4 aromatic rings. The van der Waals surface area contributed by atoms with Crippen LogP contribution in [0.25, 0.3) is 5.65 Å². The van der Waals surface area contributed by atoms with Crippen LogP contribution in [0.2, 0.25) is 0 Å². The highest BCUT2D eigenvalue weighted by Crippen LogP contribution is 2.18. The Hall–Kier alpha value is -3.41. The van der Waals surface area contributed by atoms with Gasteiger partial charge in [0, 0.05) is 29.7 Å². The van der Waals surface area contributed by atoms with Crippen molar-refractivity contribution in [3.63, 3.8) is 0 Å². The van der Waals surface area contributed by atoms with E-state index in [1.165, 1.54) is 14.6 Å². The normalized spacial score (nSPS) is 11.2. The first-order chi connectivity index (χ1) is 13.0. The van der Waals surface area contributed by atoms with E-state index in [0.29, 0.717) is 17.8 Å². The molecule has 6 heteroatoms. The van der Waals surface area contributed by atoms with Gasteiger partial charge < -0.3 is 4.57 Å². The van der Waals surface area contributed by atoms with E-state index < -0.39 is 0 Å². The summed E-state index contributed by atoms with van der Waals surface area (Å²) in [6.07, 6.45) is 1.65. The fourth-order valence-corrected chi connectivity index (χ4v) is 3.39. The molecule has 3 heterocycles. The molecule has 136 valence electrons. The number of aryl methyl sites for hydroxylation is 1. The SMILES string of the molecule is Cc1cc(C(=O)Cn2nc3ccccn3c2=O)c(C)n1Cc1ccccc1. The third-order valence-electron chi connectivity index (χ3n) is 4.84. The Kier molecular flexibility index (Phi) is 4.24. The number of hydrogen-bond acceptors (Lipinski definition) is 3. The molecule has 6 nitrogen and oxygen atoms in total. The van der Waals surface area contributed by atoms with E-state index in [0.717, 1.165) is 11.4 Å². The lowest BCUT2D eigenvalue weighted by Gasteiger charge is -2.10. The van der Waals surface area contributed by atoms with Crippen molar-refractivity contribution in [3.8, 4) is 0 Å². The van der Waals surface area contributed by atoms with Gasteiger partial charge in [0.25, 0.3) is 0 Å². The number of ketones is 1. The van der Waals surface area contributed by atoms with Crippen LogP contribution in [0.1, 0.15) is 27.3 Å². The molecule has 0 amide bonds. The summed E-state index contributed by atoms with van der Waals surface area (Å²) in [6, 6.07) is 17.3. The fourth-order valence-electron chi connectivity index (χ4n) is 3.39. The molecule has 0 aliphatic carbocycles. The zero-order valence-corrected chi connectivity index (χ0v) is 15.3. The maximum absolute atomic E-state index is 12.9. The Bertz CT molecular complexity index is 1180. The number of Topliss-reactive ketones (excluding diaryl/α,β-unsaturated/α-hetero) is 1. The highest BCUT2D eigenvalue weighted by atomic mass is 16.2. The van der Waals surface area contributed by atoms with Gasteiger partial charge in [-0.3, -0.25) is 9.20 Å². The molecule has 0 fully saturated rings. The van der Waals surface area contributed by atoms with Crippen LogP contribution in [0, 0.1) is 13.8 Å². The van der Waals surface area contributed by atoms with Crippen molar-refractivity contribution >= 4 is 11.4 Å². The van der Waals surface area contributed by atoms with Crippen molar-refractivity contribution in [2.45, 2.75) is 26.9 Å². The van der Waals surface area contributed by atoms with E-state index >= 15 is 0 Å². The molecule has 0 saturated heterocycles. The van der Waals surface area contributed by atoms with E-state index in [9.17, 15) is 9.59 Å². The zero-order valence-electron chi connectivity index (χ0n) is 15.3. The Morgan fingerprint density at radius 2 is 1.78 bits per heavy atom. The summed E-state index contributed by atoms with van der Waals surface area (Å²) >= 11 is 0. The quantitative estimate of drug-likeness (QED) is 0.514. The van der Waals surface area contributed by atoms with Crippen molar-refractivity contribution < 1.29 is 4.79 Å². The van der Waals surface area contributed by atoms with Gasteiger partial charge in [-0.1, -0.05) is 36.4 Å². The van der Waals surface area contributed by atoms with Crippen LogP contribution in [0.4, 0.5) is 0 Å². The van der Waals surface area contributed by atoms with E-state index in [2.05, 4.69) is 21.8 Å². The molecular formula is C21H20N4O2. The van der Waals surface area contributed by atoms with Crippen LogP contribution in [-0.4, -0.2) is 24.5 Å². The fraction of sp³-hybridized carbons (Fsp3) is 0.190. The highest BCUT2D eigenvalue weighted by Gasteiger charge is 2.18. The Balaban J connectivity index is 1.63. The Morgan fingerprint density at radius 1 is 1.04 bits per heavy atom. The molecule has 0 saturated carbocycles. The number of aromatic nitrogens is 4. The molecule has 0 bridgehead atoms. The minimum atomic E-state index is -0.308. The summed E-state index contributed by atoms with van der Waals surface area (Å²) < 4.78 is 4.78. The first-order valence-corrected chi connectivity index (χ1v) is 8.82. The van der Waals surface area contributed by atoms with Gasteiger partial charge >= 0.3 is 5.69 Å². The van der Waals surface area contributed by atoms with Crippen molar-refractivity contribution in [3.05, 3.63) is 93.8 Å². The molecule has 0 spiro atoms. The minimum absolute atomic E-state index is 0.0733. The molecule has 0 aliphatic rings. The summed E-state index contributed by atoms with van der Waals surface area (Å²) in [5, 5.41) is 4.24. The van der Waals surface area contributed by atoms with E-state index in [4.69, 9.17) is 0 Å². The average Bonchev–Trinajstić information content (AvgIpc) is 3.14. The van der Waals surface area contributed by atoms with Gasteiger partial charge in [0.05, 0.1) is 0 Å². The molecule has 0 N–H and O–H groups in total. The van der Waals surface area contributed by atoms with Crippen LogP contribution < -0.4 is 5.69 Å². The highest BCUT2D eigenvalue weighted by molar-refractivity contribution is 5.97. The molecular weight excluding hydrogens is 340 g/mol. The van der Waals surface area contributed by atoms with E-state index in [-0.39, 0.29) is 18.0 Å². The predicted molar refractivity (Wildman–Crippen MR) is 103 cm³/mol. The van der Waals surface area contributed by atoms with Gasteiger partial charge in [-0.05, 0) is 37.6 Å². The molecule has 0 atom stereocenters. The predicted octanol–water partition coefficient (Wildman–Crippen LogP) is 2.85. The number of benzene rings is 1. The summed E-state index contributed by atoms with van der Waals surface area (Å²) in [6.45, 7) is 4.57. The lowest BCUT2D eigenvalue weighted by molar-refractivity contribution is 0.0965. The first-order valence-electron chi connectivity index (χ1n) is 8.82. The second-order valence-electron chi connectivity index (χ2n) is 6.65. The average molecular weight is 360 g/mol. The Labute approximate surface area is 156 Å². The van der Waals surface area contributed by atoms with Gasteiger partial charge in [-0.15, -0.1) is 5.10 Å². The Morgan fingerprint density at radius 3 is 2.52 bits per heavy atom. The summed E-state index contributed by atoms with van der Waals surface area (Å²) in [7, 11) is 0. The molecule has 0 aliphatic heterocycles. The van der Waals surface area contributed by atoms with Gasteiger partial charge in [0.1, 0.15) is 6.54 Å². The van der Waals surface area contributed by atoms with Crippen LogP contribution in [0.15, 0.2) is 65.6 Å². The molecule has 1 aromatic carbocycles. The molecule has 4 rings (SSSR count). The maximum Gasteiger partial charge on any atom is 0.350 e. The second-order valence-corrected chi connectivity index (χ2v) is 6.65. The molecule has 3 aromatic heterocycles. The van der Waals surface area contributed by atoms with Gasteiger partial charge in [0.15, 0.2) is 11.4 Å². The van der Waals surface area contributed by atoms with Crippen molar-refractivity contribution in [1.29, 1.82) is 0 Å². The number of carbonyl (C=O) groups is 1. The number of pyridine rings is 1. The van der Waals surface area contributed by atoms with Crippen LogP contribution >= 0.6 is 0 Å². The standard InChI is InChI=1S/C21H20N4O2/c1-15-12-18(16(2)24(15)13-17-8-4-3-5-9-17)19(26)14-25-21(27)23-11-7-6-10-20(23)22-25/h3-12H,13-14H2,1-2H3. The molecule has 0 unspecified atom stereocenters. The third kappa shape index (κ3) is 3.10. The molecule has 0 radical (unpaired) electrons. The van der Waals surface area contributed by atoms with E-state index in [1.54, 1.807) is 18.3 Å². The lowest BCUT2D eigenvalue weighted by atomic mass is 10.1. The van der Waals surface area contributed by atoms with Crippen LogP contribution in [-0.2, 0) is 13.1 Å². The van der Waals surface area contributed by atoms with Crippen molar-refractivity contribution in [2.24, 2.45) is 0 Å².